The van der Waals surface area contributed by atoms with Crippen LogP contribution < -0.4 is 0 Å². The molecule has 0 radical (unpaired) electrons. The van der Waals surface area contributed by atoms with Crippen LogP contribution in [0, 0.1) is 19.8 Å². The maximum atomic E-state index is 13.3. The average molecular weight is 414 g/mol. The predicted octanol–water partition coefficient (Wildman–Crippen LogP) is 3.08. The van der Waals surface area contributed by atoms with E-state index in [0.717, 1.165) is 24.8 Å². The van der Waals surface area contributed by atoms with E-state index in [4.69, 9.17) is 9.05 Å². The van der Waals surface area contributed by atoms with Crippen LogP contribution in [0.2, 0.25) is 0 Å². The maximum absolute atomic E-state index is 13.3. The summed E-state index contributed by atoms with van der Waals surface area (Å²) in [5, 5.41) is 8.10. The third-order valence-corrected chi connectivity index (χ3v) is 8.35. The van der Waals surface area contributed by atoms with Crippen LogP contribution in [0.25, 0.3) is 11.5 Å². The van der Waals surface area contributed by atoms with Crippen molar-refractivity contribution in [3.63, 3.8) is 0 Å². The SMILES string of the molecule is Cc1noc(C)c1S(=O)(=O)N1C[C@H]2CCC[C@@]2(c2noc(-c3ccccc3)n2)C1. The summed E-state index contributed by atoms with van der Waals surface area (Å²) in [5.41, 5.74) is 0.831. The van der Waals surface area contributed by atoms with Crippen molar-refractivity contribution < 1.29 is 17.5 Å². The molecule has 29 heavy (non-hydrogen) atoms. The molecule has 3 heterocycles. The predicted molar refractivity (Wildman–Crippen MR) is 103 cm³/mol. The number of benzene rings is 1. The molecule has 2 atom stereocenters. The quantitative estimate of drug-likeness (QED) is 0.646. The highest BCUT2D eigenvalue weighted by atomic mass is 32.2. The molecule has 9 heteroatoms. The summed E-state index contributed by atoms with van der Waals surface area (Å²) in [5.74, 6) is 1.56. The average Bonchev–Trinajstić information content (AvgIpc) is 3.44. The minimum Gasteiger partial charge on any atom is -0.360 e. The van der Waals surface area contributed by atoms with Gasteiger partial charge in [0.15, 0.2) is 11.6 Å². The molecule has 0 spiro atoms. The van der Waals surface area contributed by atoms with E-state index >= 15 is 0 Å². The number of rotatable bonds is 4. The van der Waals surface area contributed by atoms with Gasteiger partial charge in [0.2, 0.25) is 10.0 Å². The Labute approximate surface area is 168 Å². The smallest absolute Gasteiger partial charge is 0.257 e. The third kappa shape index (κ3) is 2.75. The van der Waals surface area contributed by atoms with Gasteiger partial charge >= 0.3 is 0 Å². The fraction of sp³-hybridized carbons (Fsp3) is 0.450. The monoisotopic (exact) mass is 414 g/mol. The topological polar surface area (TPSA) is 102 Å². The summed E-state index contributed by atoms with van der Waals surface area (Å²) >= 11 is 0. The second-order valence-electron chi connectivity index (χ2n) is 7.99. The molecule has 1 aliphatic heterocycles. The van der Waals surface area contributed by atoms with Gasteiger partial charge in [-0.25, -0.2) is 8.42 Å². The highest BCUT2D eigenvalue weighted by molar-refractivity contribution is 7.89. The highest BCUT2D eigenvalue weighted by Crippen LogP contribution is 2.51. The van der Waals surface area contributed by atoms with E-state index in [1.54, 1.807) is 18.2 Å². The van der Waals surface area contributed by atoms with Crippen LogP contribution in [0.15, 0.2) is 44.3 Å². The number of fused-ring (bicyclic) bond motifs is 1. The lowest BCUT2D eigenvalue weighted by Crippen LogP contribution is -2.35. The van der Waals surface area contributed by atoms with Gasteiger partial charge in [-0.3, -0.25) is 0 Å². The molecule has 1 aliphatic carbocycles. The molecule has 2 aliphatic rings. The number of aryl methyl sites for hydroxylation is 2. The molecule has 1 aromatic carbocycles. The minimum atomic E-state index is -3.70. The highest BCUT2D eigenvalue weighted by Gasteiger charge is 2.56. The molecule has 5 rings (SSSR count). The van der Waals surface area contributed by atoms with Crippen LogP contribution in [0.5, 0.6) is 0 Å². The Morgan fingerprint density at radius 1 is 1.14 bits per heavy atom. The Hall–Kier alpha value is -2.52. The van der Waals surface area contributed by atoms with Gasteiger partial charge in [-0.1, -0.05) is 34.9 Å². The first-order valence-corrected chi connectivity index (χ1v) is 11.2. The third-order valence-electron chi connectivity index (χ3n) is 6.30. The van der Waals surface area contributed by atoms with Gasteiger partial charge < -0.3 is 9.05 Å². The van der Waals surface area contributed by atoms with Crippen LogP contribution in [0.4, 0.5) is 0 Å². The van der Waals surface area contributed by atoms with Crippen LogP contribution in [0.3, 0.4) is 0 Å². The molecule has 1 saturated carbocycles. The number of aromatic nitrogens is 3. The molecule has 152 valence electrons. The van der Waals surface area contributed by atoms with Crippen molar-refractivity contribution in [3.05, 3.63) is 47.6 Å². The number of hydrogen-bond donors (Lipinski definition) is 0. The molecule has 8 nitrogen and oxygen atoms in total. The van der Waals surface area contributed by atoms with Gasteiger partial charge in [0.25, 0.3) is 5.89 Å². The first kappa shape index (κ1) is 18.5. The molecular weight excluding hydrogens is 392 g/mol. The van der Waals surface area contributed by atoms with E-state index in [1.807, 2.05) is 30.3 Å². The minimum absolute atomic E-state index is 0.166. The molecule has 2 aromatic heterocycles. The van der Waals surface area contributed by atoms with Gasteiger partial charge in [-0.15, -0.1) is 0 Å². The normalized spacial score (nSPS) is 24.8. The van der Waals surface area contributed by atoms with Crippen LogP contribution in [-0.2, 0) is 15.4 Å². The fourth-order valence-electron chi connectivity index (χ4n) is 4.89. The van der Waals surface area contributed by atoms with Crippen LogP contribution in [0.1, 0.15) is 36.5 Å². The number of sulfonamides is 1. The van der Waals surface area contributed by atoms with Gasteiger partial charge in [0.05, 0.1) is 5.41 Å². The van der Waals surface area contributed by atoms with Gasteiger partial charge in [0, 0.05) is 18.7 Å². The number of hydrogen-bond acceptors (Lipinski definition) is 7. The Morgan fingerprint density at radius 2 is 1.93 bits per heavy atom. The Balaban J connectivity index is 1.51. The van der Waals surface area contributed by atoms with E-state index in [-0.39, 0.29) is 10.8 Å². The largest absolute Gasteiger partial charge is 0.360 e. The standard InChI is InChI=1S/C20H22N4O4S/c1-13-17(14(2)27-22-13)29(25,26)24-11-16-9-6-10-20(16,12-24)19-21-18(28-23-19)15-7-4-3-5-8-15/h3-5,7-8,16H,6,9-12H2,1-2H3/t16-,20-/m1/s1. The number of nitrogens with zero attached hydrogens (tertiary/aromatic N) is 4. The van der Waals surface area contributed by atoms with Crippen molar-refractivity contribution >= 4 is 10.0 Å². The van der Waals surface area contributed by atoms with Gasteiger partial charge in [-0.05, 0) is 44.7 Å². The first-order valence-electron chi connectivity index (χ1n) is 9.74. The summed E-state index contributed by atoms with van der Waals surface area (Å²) in [6.07, 6.45) is 2.82. The molecule has 2 fully saturated rings. The van der Waals surface area contributed by atoms with Crippen molar-refractivity contribution in [1.29, 1.82) is 0 Å². The first-order chi connectivity index (χ1) is 13.9. The summed E-state index contributed by atoms with van der Waals surface area (Å²) in [6.45, 7) is 4.08. The second-order valence-corrected chi connectivity index (χ2v) is 9.86. The maximum Gasteiger partial charge on any atom is 0.257 e. The molecule has 0 unspecified atom stereocenters. The van der Waals surface area contributed by atoms with E-state index in [9.17, 15) is 8.42 Å². The molecule has 0 amide bonds. The Kier molecular flexibility index (Phi) is 4.15. The molecular formula is C20H22N4O4S. The van der Waals surface area contributed by atoms with E-state index in [1.165, 1.54) is 0 Å². The summed E-state index contributed by atoms with van der Waals surface area (Å²) < 4.78 is 38.8. The summed E-state index contributed by atoms with van der Waals surface area (Å²) in [4.78, 5) is 4.85. The van der Waals surface area contributed by atoms with Crippen molar-refractivity contribution in [2.45, 2.75) is 43.4 Å². The van der Waals surface area contributed by atoms with Crippen molar-refractivity contribution in [2.75, 3.05) is 13.1 Å². The fourth-order valence-corrected chi connectivity index (χ4v) is 6.73. The van der Waals surface area contributed by atoms with Crippen molar-refractivity contribution in [2.24, 2.45) is 5.92 Å². The van der Waals surface area contributed by atoms with Crippen molar-refractivity contribution in [1.82, 2.24) is 19.6 Å². The zero-order valence-electron chi connectivity index (χ0n) is 16.3. The van der Waals surface area contributed by atoms with Crippen molar-refractivity contribution in [3.8, 4) is 11.5 Å². The summed E-state index contributed by atoms with van der Waals surface area (Å²) in [6, 6.07) is 9.61. The lowest BCUT2D eigenvalue weighted by molar-refractivity contribution is 0.340. The van der Waals surface area contributed by atoms with Gasteiger partial charge in [0.1, 0.15) is 10.6 Å². The van der Waals surface area contributed by atoms with Crippen LogP contribution in [-0.4, -0.2) is 41.1 Å². The van der Waals surface area contributed by atoms with E-state index in [2.05, 4.69) is 15.3 Å². The zero-order valence-corrected chi connectivity index (χ0v) is 17.1. The van der Waals surface area contributed by atoms with E-state index < -0.39 is 15.4 Å². The molecule has 3 aromatic rings. The van der Waals surface area contributed by atoms with E-state index in [0.29, 0.717) is 36.3 Å². The van der Waals surface area contributed by atoms with Gasteiger partial charge in [-0.2, -0.15) is 9.29 Å². The Morgan fingerprint density at radius 3 is 2.66 bits per heavy atom. The molecule has 0 N–H and O–H groups in total. The van der Waals surface area contributed by atoms with Crippen LogP contribution >= 0.6 is 0 Å². The Bertz CT molecular complexity index is 1130. The summed E-state index contributed by atoms with van der Waals surface area (Å²) in [7, 11) is -3.70. The zero-order chi connectivity index (χ0) is 20.2. The lowest BCUT2D eigenvalue weighted by Gasteiger charge is -2.24. The second kappa shape index (κ2) is 6.50. The lowest BCUT2D eigenvalue weighted by atomic mass is 9.80. The molecule has 1 saturated heterocycles. The molecule has 0 bridgehead atoms.